The van der Waals surface area contributed by atoms with Crippen molar-refractivity contribution in [3.05, 3.63) is 73.1 Å². The summed E-state index contributed by atoms with van der Waals surface area (Å²) in [5, 5.41) is 10.9. The van der Waals surface area contributed by atoms with Crippen molar-refractivity contribution in [2.75, 3.05) is 0 Å². The third-order valence-electron chi connectivity index (χ3n) is 7.70. The Bertz CT molecular complexity index is 1510. The molecule has 2 nitrogen and oxygen atoms in total. The molecule has 0 fully saturated rings. The summed E-state index contributed by atoms with van der Waals surface area (Å²) in [5.41, 5.74) is 2.71. The molecule has 4 aromatic carbocycles. The zero-order valence-electron chi connectivity index (χ0n) is 20.5. The first-order valence-electron chi connectivity index (χ1n) is 13.1. The molecule has 0 unspecified atom stereocenters. The van der Waals surface area contributed by atoms with Crippen molar-refractivity contribution in [3.8, 4) is 0 Å². The maximum Gasteiger partial charge on any atom is 0.0486 e. The summed E-state index contributed by atoms with van der Waals surface area (Å²) in [5.74, 6) is 0. The van der Waals surface area contributed by atoms with Crippen LogP contribution in [0.15, 0.2) is 73.1 Å². The van der Waals surface area contributed by atoms with E-state index in [9.17, 15) is 0 Å². The van der Waals surface area contributed by atoms with Crippen molar-refractivity contribution in [2.24, 2.45) is 0 Å². The number of fused-ring (bicyclic) bond motifs is 9. The molecule has 0 aliphatic carbocycles. The van der Waals surface area contributed by atoms with Crippen molar-refractivity contribution in [3.63, 3.8) is 0 Å². The van der Waals surface area contributed by atoms with Gasteiger partial charge in [0.2, 0.25) is 0 Å². The maximum absolute atomic E-state index is 2.43. The standard InChI is InChI=1S/C32H34N2/c1-3-5-7-19-33-21-17-29-27-11-9-24-23(25(27)13-15-31(29)33)10-12-28-26(24)14-16-32-30(28)18-22-34(32)20-8-6-4-2/h9-18,21-22H,3-8,19-20H2,1-2H3. The Morgan fingerprint density at radius 2 is 0.765 bits per heavy atom. The Balaban J connectivity index is 1.48. The second-order valence-electron chi connectivity index (χ2n) is 9.85. The summed E-state index contributed by atoms with van der Waals surface area (Å²) in [6.07, 6.45) is 12.1. The molecule has 0 saturated carbocycles. The molecule has 0 saturated heterocycles. The number of hydrogen-bond donors (Lipinski definition) is 0. The minimum Gasteiger partial charge on any atom is -0.347 e. The van der Waals surface area contributed by atoms with Gasteiger partial charge in [-0.25, -0.2) is 0 Å². The van der Waals surface area contributed by atoms with Gasteiger partial charge in [-0.15, -0.1) is 0 Å². The number of aromatic nitrogens is 2. The number of aryl methyl sites for hydroxylation is 2. The van der Waals surface area contributed by atoms with Gasteiger partial charge in [0.05, 0.1) is 0 Å². The fourth-order valence-corrected chi connectivity index (χ4v) is 5.86. The topological polar surface area (TPSA) is 9.86 Å². The van der Waals surface area contributed by atoms with Crippen LogP contribution in [0.3, 0.4) is 0 Å². The molecule has 0 N–H and O–H groups in total. The Labute approximate surface area is 201 Å². The molecule has 172 valence electrons. The Morgan fingerprint density at radius 1 is 0.412 bits per heavy atom. The highest BCUT2D eigenvalue weighted by Gasteiger charge is 2.12. The third-order valence-corrected chi connectivity index (χ3v) is 7.70. The molecule has 34 heavy (non-hydrogen) atoms. The molecule has 0 atom stereocenters. The first kappa shape index (κ1) is 21.3. The summed E-state index contributed by atoms with van der Waals surface area (Å²) in [6, 6.07) is 23.3. The molecular weight excluding hydrogens is 412 g/mol. The zero-order valence-corrected chi connectivity index (χ0v) is 20.5. The van der Waals surface area contributed by atoms with Crippen LogP contribution in [0.25, 0.3) is 54.1 Å². The monoisotopic (exact) mass is 446 g/mol. The highest BCUT2D eigenvalue weighted by molar-refractivity contribution is 6.24. The zero-order chi connectivity index (χ0) is 23.1. The van der Waals surface area contributed by atoms with Crippen molar-refractivity contribution in [1.82, 2.24) is 9.13 Å². The number of rotatable bonds is 8. The van der Waals surface area contributed by atoms with E-state index in [4.69, 9.17) is 0 Å². The maximum atomic E-state index is 2.43. The molecule has 0 spiro atoms. The van der Waals surface area contributed by atoms with Crippen LogP contribution < -0.4 is 0 Å². The van der Waals surface area contributed by atoms with Gasteiger partial charge in [0, 0.05) is 47.3 Å². The minimum atomic E-state index is 1.11. The van der Waals surface area contributed by atoms with E-state index >= 15 is 0 Å². The molecule has 0 bridgehead atoms. The van der Waals surface area contributed by atoms with Gasteiger partial charge >= 0.3 is 0 Å². The van der Waals surface area contributed by atoms with Crippen LogP contribution >= 0.6 is 0 Å². The second-order valence-corrected chi connectivity index (χ2v) is 9.85. The fraction of sp³-hybridized carbons (Fsp3) is 0.312. The van der Waals surface area contributed by atoms with Gasteiger partial charge in [0.25, 0.3) is 0 Å². The largest absolute Gasteiger partial charge is 0.347 e. The molecule has 2 aromatic heterocycles. The summed E-state index contributed by atoms with van der Waals surface area (Å²) in [7, 11) is 0. The second kappa shape index (κ2) is 8.83. The van der Waals surface area contributed by atoms with E-state index in [1.807, 2.05) is 0 Å². The lowest BCUT2D eigenvalue weighted by Crippen LogP contribution is -1.95. The lowest BCUT2D eigenvalue weighted by Gasteiger charge is -2.11. The molecule has 2 heterocycles. The smallest absolute Gasteiger partial charge is 0.0486 e. The summed E-state index contributed by atoms with van der Waals surface area (Å²) < 4.78 is 4.86. The van der Waals surface area contributed by atoms with E-state index in [0.717, 1.165) is 13.1 Å². The third kappa shape index (κ3) is 3.39. The minimum absolute atomic E-state index is 1.11. The normalized spacial score (nSPS) is 12.2. The number of nitrogens with zero attached hydrogens (tertiary/aromatic N) is 2. The van der Waals surface area contributed by atoms with Crippen LogP contribution in [-0.4, -0.2) is 9.13 Å². The lowest BCUT2D eigenvalue weighted by molar-refractivity contribution is 0.616. The van der Waals surface area contributed by atoms with Crippen LogP contribution in [0, 0.1) is 0 Å². The van der Waals surface area contributed by atoms with Crippen molar-refractivity contribution < 1.29 is 0 Å². The average Bonchev–Trinajstić information content (AvgIpc) is 3.48. The summed E-state index contributed by atoms with van der Waals surface area (Å²) in [4.78, 5) is 0. The van der Waals surface area contributed by atoms with Crippen LogP contribution in [0.5, 0.6) is 0 Å². The van der Waals surface area contributed by atoms with Gasteiger partial charge in [-0.1, -0.05) is 75.9 Å². The van der Waals surface area contributed by atoms with E-state index in [1.54, 1.807) is 0 Å². The first-order valence-corrected chi connectivity index (χ1v) is 13.1. The summed E-state index contributed by atoms with van der Waals surface area (Å²) >= 11 is 0. The van der Waals surface area contributed by atoms with E-state index in [1.165, 1.54) is 92.6 Å². The number of benzene rings is 4. The predicted molar refractivity (Wildman–Crippen MR) is 149 cm³/mol. The first-order chi connectivity index (χ1) is 16.8. The van der Waals surface area contributed by atoms with Crippen LogP contribution in [-0.2, 0) is 13.1 Å². The summed E-state index contributed by atoms with van der Waals surface area (Å²) in [6.45, 7) is 6.75. The Kier molecular flexibility index (Phi) is 5.53. The molecule has 0 aliphatic heterocycles. The number of unbranched alkanes of at least 4 members (excludes halogenated alkanes) is 4. The molecule has 2 heteroatoms. The van der Waals surface area contributed by atoms with E-state index in [2.05, 4.69) is 96.0 Å². The fourth-order valence-electron chi connectivity index (χ4n) is 5.86. The van der Waals surface area contributed by atoms with Gasteiger partial charge in [0.1, 0.15) is 0 Å². The van der Waals surface area contributed by atoms with Gasteiger partial charge in [0.15, 0.2) is 0 Å². The van der Waals surface area contributed by atoms with Gasteiger partial charge < -0.3 is 9.13 Å². The predicted octanol–water partition coefficient (Wildman–Crippen LogP) is 9.44. The van der Waals surface area contributed by atoms with E-state index in [-0.39, 0.29) is 0 Å². The molecule has 0 amide bonds. The van der Waals surface area contributed by atoms with E-state index in [0.29, 0.717) is 0 Å². The highest BCUT2D eigenvalue weighted by Crippen LogP contribution is 2.37. The van der Waals surface area contributed by atoms with Crippen LogP contribution in [0.2, 0.25) is 0 Å². The number of hydrogen-bond acceptors (Lipinski definition) is 0. The van der Waals surface area contributed by atoms with Crippen LogP contribution in [0.1, 0.15) is 52.4 Å². The molecular formula is C32H34N2. The van der Waals surface area contributed by atoms with Crippen molar-refractivity contribution >= 4 is 54.1 Å². The Hall–Kier alpha value is -3.26. The SMILES string of the molecule is CCCCCn1ccc2c3ccc4c(ccc5c4ccc4c5ccn4CCCCC)c3ccc21. The molecule has 0 radical (unpaired) electrons. The van der Waals surface area contributed by atoms with Crippen molar-refractivity contribution in [2.45, 2.75) is 65.5 Å². The van der Waals surface area contributed by atoms with Gasteiger partial charge in [-0.3, -0.25) is 0 Å². The highest BCUT2D eigenvalue weighted by atomic mass is 15.0. The van der Waals surface area contributed by atoms with E-state index < -0.39 is 0 Å². The molecule has 0 aliphatic rings. The lowest BCUT2D eigenvalue weighted by atomic mass is 9.94. The van der Waals surface area contributed by atoms with Gasteiger partial charge in [-0.2, -0.15) is 0 Å². The average molecular weight is 447 g/mol. The Morgan fingerprint density at radius 3 is 1.15 bits per heavy atom. The quantitative estimate of drug-likeness (QED) is 0.163. The van der Waals surface area contributed by atoms with Crippen molar-refractivity contribution in [1.29, 1.82) is 0 Å². The molecule has 6 rings (SSSR count). The van der Waals surface area contributed by atoms with Crippen LogP contribution in [0.4, 0.5) is 0 Å². The molecule has 6 aromatic rings. The van der Waals surface area contributed by atoms with Gasteiger partial charge in [-0.05, 0) is 69.4 Å².